The normalized spacial score (nSPS) is 15.6. The van der Waals surface area contributed by atoms with Gasteiger partial charge in [0.05, 0.1) is 19.1 Å². The number of furan rings is 1. The van der Waals surface area contributed by atoms with E-state index in [4.69, 9.17) is 9.15 Å². The van der Waals surface area contributed by atoms with E-state index in [-0.39, 0.29) is 42.4 Å². The number of likely N-dealkylation sites (tertiary alicyclic amines) is 1. The second-order valence-corrected chi connectivity index (χ2v) is 7.19. The summed E-state index contributed by atoms with van der Waals surface area (Å²) in [5.74, 6) is -1.64. The van der Waals surface area contributed by atoms with Crippen LogP contribution in [0.4, 0.5) is 10.3 Å². The number of carbonyl (C=O) groups excluding carboxylic acids is 2. The van der Waals surface area contributed by atoms with Gasteiger partial charge in [-0.05, 0) is 55.4 Å². The van der Waals surface area contributed by atoms with E-state index in [1.165, 1.54) is 18.2 Å². The summed E-state index contributed by atoms with van der Waals surface area (Å²) in [6.07, 6.45) is 1.45. The average Bonchev–Trinajstić information content (AvgIpc) is 3.23. The van der Waals surface area contributed by atoms with Crippen molar-refractivity contribution < 1.29 is 28.1 Å². The number of esters is 1. The lowest BCUT2D eigenvalue weighted by atomic mass is 9.78. The maximum Gasteiger partial charge on any atom is 0.433 e. The highest BCUT2D eigenvalue weighted by molar-refractivity contribution is 5.91. The first-order valence-electron chi connectivity index (χ1n) is 9.83. The van der Waals surface area contributed by atoms with Crippen LogP contribution < -0.4 is 0 Å². The Labute approximate surface area is 172 Å². The van der Waals surface area contributed by atoms with Gasteiger partial charge in [0.25, 0.3) is 5.91 Å². The van der Waals surface area contributed by atoms with E-state index in [0.29, 0.717) is 25.9 Å². The molecule has 1 aromatic heterocycles. The lowest BCUT2D eigenvalue weighted by molar-refractivity contribution is -0.402. The fourth-order valence-electron chi connectivity index (χ4n) is 3.87. The monoisotopic (exact) mass is 418 g/mol. The van der Waals surface area contributed by atoms with Crippen molar-refractivity contribution in [2.24, 2.45) is 5.92 Å². The summed E-state index contributed by atoms with van der Waals surface area (Å²) < 4.78 is 23.5. The third kappa shape index (κ3) is 5.03. The molecule has 1 atom stereocenters. The minimum Gasteiger partial charge on any atom is -0.466 e. The molecular weight excluding hydrogens is 395 g/mol. The van der Waals surface area contributed by atoms with E-state index in [1.807, 2.05) is 0 Å². The maximum atomic E-state index is 13.3. The summed E-state index contributed by atoms with van der Waals surface area (Å²) in [5, 5.41) is 10.7. The minimum absolute atomic E-state index is 0.0678. The van der Waals surface area contributed by atoms with Gasteiger partial charge in [0.15, 0.2) is 5.76 Å². The highest BCUT2D eigenvalue weighted by Crippen LogP contribution is 2.36. The fraction of sp³-hybridized carbons (Fsp3) is 0.429. The van der Waals surface area contributed by atoms with Gasteiger partial charge < -0.3 is 14.1 Å². The van der Waals surface area contributed by atoms with Gasteiger partial charge in [-0.25, -0.2) is 4.39 Å². The molecule has 1 aliphatic heterocycles. The topological polar surface area (TPSA) is 103 Å². The zero-order valence-electron chi connectivity index (χ0n) is 16.6. The Morgan fingerprint density at radius 1 is 1.23 bits per heavy atom. The number of nitrogens with zero attached hydrogens (tertiary/aromatic N) is 2. The van der Waals surface area contributed by atoms with Crippen molar-refractivity contribution >= 4 is 17.8 Å². The van der Waals surface area contributed by atoms with Gasteiger partial charge >= 0.3 is 11.9 Å². The van der Waals surface area contributed by atoms with Gasteiger partial charge in [0.2, 0.25) is 0 Å². The number of amides is 1. The first-order chi connectivity index (χ1) is 14.4. The van der Waals surface area contributed by atoms with Gasteiger partial charge in [-0.2, -0.15) is 0 Å². The van der Waals surface area contributed by atoms with E-state index in [0.717, 1.165) is 11.6 Å². The molecule has 2 aromatic rings. The number of carbonyl (C=O) groups is 2. The van der Waals surface area contributed by atoms with Crippen LogP contribution in [0.5, 0.6) is 0 Å². The number of benzene rings is 1. The Hall–Kier alpha value is -3.23. The lowest BCUT2D eigenvalue weighted by Crippen LogP contribution is -2.40. The number of nitro groups is 1. The molecule has 2 heterocycles. The van der Waals surface area contributed by atoms with Crippen LogP contribution in [0, 0.1) is 21.8 Å². The molecule has 1 amide bonds. The molecule has 0 aliphatic carbocycles. The molecule has 8 nitrogen and oxygen atoms in total. The van der Waals surface area contributed by atoms with Gasteiger partial charge in [0, 0.05) is 13.1 Å². The Kier molecular flexibility index (Phi) is 6.81. The summed E-state index contributed by atoms with van der Waals surface area (Å²) >= 11 is 0. The van der Waals surface area contributed by atoms with E-state index in [2.05, 4.69) is 0 Å². The van der Waals surface area contributed by atoms with Crippen molar-refractivity contribution in [2.75, 3.05) is 19.7 Å². The van der Waals surface area contributed by atoms with Crippen LogP contribution >= 0.6 is 0 Å². The van der Waals surface area contributed by atoms with E-state index >= 15 is 0 Å². The van der Waals surface area contributed by atoms with Crippen LogP contribution in [-0.2, 0) is 9.53 Å². The lowest BCUT2D eigenvalue weighted by Gasteiger charge is -2.35. The molecule has 160 valence electrons. The molecule has 1 saturated heterocycles. The van der Waals surface area contributed by atoms with Crippen molar-refractivity contribution in [1.29, 1.82) is 0 Å². The largest absolute Gasteiger partial charge is 0.466 e. The van der Waals surface area contributed by atoms with Crippen LogP contribution in [0.2, 0.25) is 0 Å². The Bertz CT molecular complexity index is 902. The zero-order valence-corrected chi connectivity index (χ0v) is 16.6. The van der Waals surface area contributed by atoms with Gasteiger partial charge in [-0.1, -0.05) is 12.1 Å². The van der Waals surface area contributed by atoms with Gasteiger partial charge in [-0.3, -0.25) is 19.7 Å². The predicted octanol–water partition coefficient (Wildman–Crippen LogP) is 3.92. The van der Waals surface area contributed by atoms with Crippen molar-refractivity contribution in [3.05, 3.63) is 63.7 Å². The molecule has 9 heteroatoms. The molecule has 0 saturated carbocycles. The Morgan fingerprint density at radius 3 is 2.47 bits per heavy atom. The molecular formula is C21H23FN2O6. The van der Waals surface area contributed by atoms with E-state index < -0.39 is 16.7 Å². The minimum atomic E-state index is -0.689. The third-order valence-electron chi connectivity index (χ3n) is 5.37. The zero-order chi connectivity index (χ0) is 21.7. The predicted molar refractivity (Wildman–Crippen MR) is 104 cm³/mol. The first kappa shape index (κ1) is 21.5. The highest BCUT2D eigenvalue weighted by Gasteiger charge is 2.32. The number of hydrogen-bond acceptors (Lipinski definition) is 6. The van der Waals surface area contributed by atoms with Crippen LogP contribution in [0.25, 0.3) is 0 Å². The molecule has 0 unspecified atom stereocenters. The number of ether oxygens (including phenoxy) is 1. The van der Waals surface area contributed by atoms with Gasteiger partial charge in [0.1, 0.15) is 10.7 Å². The highest BCUT2D eigenvalue weighted by atomic mass is 19.1. The first-order valence-corrected chi connectivity index (χ1v) is 9.83. The molecule has 3 rings (SSSR count). The SMILES string of the molecule is CCOC(=O)C[C@@H](c1ccc(F)cc1)C1CCN(C(=O)c2ccc([N+](=O)[O-])o2)CC1. The van der Waals surface area contributed by atoms with E-state index in [1.54, 1.807) is 24.0 Å². The third-order valence-corrected chi connectivity index (χ3v) is 5.37. The molecule has 1 aliphatic rings. The summed E-state index contributed by atoms with van der Waals surface area (Å²) in [5.41, 5.74) is 0.857. The molecule has 1 aromatic carbocycles. The second-order valence-electron chi connectivity index (χ2n) is 7.19. The standard InChI is InChI=1S/C21H23FN2O6/c1-2-29-20(25)13-17(14-3-5-16(22)6-4-14)15-9-11-23(12-10-15)21(26)18-7-8-19(30-18)24(27)28/h3-8,15,17H,2,9-13H2,1H3/t17-/m0/s1. The smallest absolute Gasteiger partial charge is 0.433 e. The van der Waals surface area contributed by atoms with Crippen LogP contribution in [0.1, 0.15) is 48.2 Å². The quantitative estimate of drug-likeness (QED) is 0.384. The van der Waals surface area contributed by atoms with Crippen LogP contribution in [0.15, 0.2) is 40.8 Å². The van der Waals surface area contributed by atoms with Crippen LogP contribution in [0.3, 0.4) is 0 Å². The average molecular weight is 418 g/mol. The fourth-order valence-corrected chi connectivity index (χ4v) is 3.87. The number of halogens is 1. The Balaban J connectivity index is 1.68. The molecule has 0 spiro atoms. The molecule has 0 N–H and O–H groups in total. The molecule has 30 heavy (non-hydrogen) atoms. The van der Waals surface area contributed by atoms with Crippen molar-refractivity contribution in [2.45, 2.75) is 32.1 Å². The molecule has 0 radical (unpaired) electrons. The maximum absolute atomic E-state index is 13.3. The van der Waals surface area contributed by atoms with Crippen molar-refractivity contribution in [1.82, 2.24) is 4.90 Å². The number of hydrogen-bond donors (Lipinski definition) is 0. The molecule has 0 bridgehead atoms. The number of rotatable bonds is 7. The van der Waals surface area contributed by atoms with Crippen LogP contribution in [-0.4, -0.2) is 41.4 Å². The summed E-state index contributed by atoms with van der Waals surface area (Å²) in [6, 6.07) is 8.56. The van der Waals surface area contributed by atoms with E-state index in [9.17, 15) is 24.1 Å². The summed E-state index contributed by atoms with van der Waals surface area (Å²) in [7, 11) is 0. The second kappa shape index (κ2) is 9.51. The Morgan fingerprint density at radius 2 is 1.90 bits per heavy atom. The summed E-state index contributed by atoms with van der Waals surface area (Å²) in [4.78, 5) is 36.3. The number of piperidine rings is 1. The van der Waals surface area contributed by atoms with Crippen molar-refractivity contribution in [3.8, 4) is 0 Å². The van der Waals surface area contributed by atoms with Gasteiger partial charge in [-0.15, -0.1) is 0 Å². The molecule has 1 fully saturated rings. The summed E-state index contributed by atoms with van der Waals surface area (Å²) in [6.45, 7) is 2.89. The van der Waals surface area contributed by atoms with Crippen molar-refractivity contribution in [3.63, 3.8) is 0 Å².